The highest BCUT2D eigenvalue weighted by Crippen LogP contribution is 2.32. The van der Waals surface area contributed by atoms with Crippen molar-refractivity contribution < 1.29 is 18.7 Å². The van der Waals surface area contributed by atoms with Gasteiger partial charge in [0, 0.05) is 23.1 Å². The minimum atomic E-state index is -0.725. The second-order valence-electron chi connectivity index (χ2n) is 7.55. The highest BCUT2D eigenvalue weighted by molar-refractivity contribution is 14.1. The number of imidazole rings is 1. The number of aliphatic hydroxyl groups excluding tert-OH is 1. The van der Waals surface area contributed by atoms with Gasteiger partial charge in [0.1, 0.15) is 11.3 Å². The van der Waals surface area contributed by atoms with Gasteiger partial charge in [-0.25, -0.2) is 13.8 Å². The largest absolute Gasteiger partial charge is 0.393 e. The summed E-state index contributed by atoms with van der Waals surface area (Å²) >= 11 is 1.98. The zero-order valence-electron chi connectivity index (χ0n) is 16.3. The van der Waals surface area contributed by atoms with Crippen LogP contribution in [0.1, 0.15) is 29.6 Å². The maximum absolute atomic E-state index is 15.3. The van der Waals surface area contributed by atoms with Crippen LogP contribution in [0.5, 0.6) is 0 Å². The first-order chi connectivity index (χ1) is 14.3. The Bertz CT molecular complexity index is 1120. The number of carbonyl (C=O) groups is 1. The van der Waals surface area contributed by atoms with Crippen molar-refractivity contribution in [3.8, 4) is 0 Å². The van der Waals surface area contributed by atoms with Crippen LogP contribution in [0.25, 0.3) is 11.0 Å². The minimum Gasteiger partial charge on any atom is -0.393 e. The Kier molecular flexibility index (Phi) is 5.92. The normalized spacial score (nSPS) is 18.7. The molecule has 1 aliphatic carbocycles. The average Bonchev–Trinajstić information content (AvgIpc) is 3.29. The number of halogens is 3. The molecule has 2 unspecified atom stereocenters. The highest BCUT2D eigenvalue weighted by Gasteiger charge is 2.27. The van der Waals surface area contributed by atoms with Crippen LogP contribution in [0.3, 0.4) is 0 Å². The summed E-state index contributed by atoms with van der Waals surface area (Å²) in [6.07, 6.45) is 3.47. The van der Waals surface area contributed by atoms with Crippen molar-refractivity contribution in [1.82, 2.24) is 14.9 Å². The number of aryl methyl sites for hydroxylation is 1. The van der Waals surface area contributed by atoms with E-state index in [-0.39, 0.29) is 28.4 Å². The lowest BCUT2D eigenvalue weighted by molar-refractivity contribution is 0.0917. The number of fused-ring (bicyclic) bond motifs is 1. The van der Waals surface area contributed by atoms with Crippen LogP contribution in [0.2, 0.25) is 0 Å². The van der Waals surface area contributed by atoms with Crippen molar-refractivity contribution in [3.05, 3.63) is 51.4 Å². The van der Waals surface area contributed by atoms with Crippen LogP contribution in [-0.4, -0.2) is 33.2 Å². The first kappa shape index (κ1) is 21.0. The molecule has 158 valence electrons. The van der Waals surface area contributed by atoms with Crippen LogP contribution < -0.4 is 10.6 Å². The molecule has 6 nitrogen and oxygen atoms in total. The third-order valence-electron chi connectivity index (χ3n) is 5.54. The molecular formula is C21H21F2IN4O2. The lowest BCUT2D eigenvalue weighted by Crippen LogP contribution is -2.33. The van der Waals surface area contributed by atoms with Gasteiger partial charge in [0.25, 0.3) is 5.91 Å². The van der Waals surface area contributed by atoms with Crippen LogP contribution in [-0.2, 0) is 7.05 Å². The van der Waals surface area contributed by atoms with Gasteiger partial charge < -0.3 is 20.3 Å². The molecule has 0 aliphatic heterocycles. The van der Waals surface area contributed by atoms with Gasteiger partial charge in [-0.3, -0.25) is 4.79 Å². The standard InChI is InChI=1S/C21H21F2IN4O2/c1-28-10-26-20-16(28)8-13(21(30)25-9-11-3-2-4-17(11)29)19(18(20)23)27-15-6-5-12(24)7-14(15)22/h5-8,10-11,17,27,29H,2-4,9H2,1H3,(H,25,30). The SMILES string of the molecule is Cn1cnc2c(F)c(Nc3ccc(I)cc3F)c(C(=O)NCC3CCCC3O)cc21. The maximum atomic E-state index is 15.3. The summed E-state index contributed by atoms with van der Waals surface area (Å²) in [6, 6.07) is 6.04. The molecule has 3 aromatic rings. The molecule has 0 bridgehead atoms. The van der Waals surface area contributed by atoms with Gasteiger partial charge in [-0.05, 0) is 59.7 Å². The molecule has 30 heavy (non-hydrogen) atoms. The Labute approximate surface area is 185 Å². The number of nitrogens with zero attached hydrogens (tertiary/aromatic N) is 2. The van der Waals surface area contributed by atoms with E-state index < -0.39 is 23.6 Å². The van der Waals surface area contributed by atoms with Gasteiger partial charge in [-0.1, -0.05) is 6.42 Å². The summed E-state index contributed by atoms with van der Waals surface area (Å²) in [7, 11) is 1.71. The van der Waals surface area contributed by atoms with Gasteiger partial charge in [0.2, 0.25) is 0 Å². The van der Waals surface area contributed by atoms with Crippen molar-refractivity contribution in [1.29, 1.82) is 0 Å². The smallest absolute Gasteiger partial charge is 0.253 e. The summed E-state index contributed by atoms with van der Waals surface area (Å²) in [6.45, 7) is 0.294. The van der Waals surface area contributed by atoms with E-state index in [0.29, 0.717) is 15.6 Å². The summed E-state index contributed by atoms with van der Waals surface area (Å²) in [5, 5.41) is 15.5. The molecule has 4 rings (SSSR count). The zero-order valence-corrected chi connectivity index (χ0v) is 18.4. The third-order valence-corrected chi connectivity index (χ3v) is 6.21. The van der Waals surface area contributed by atoms with E-state index in [4.69, 9.17) is 0 Å². The lowest BCUT2D eigenvalue weighted by atomic mass is 10.1. The van der Waals surface area contributed by atoms with Crippen molar-refractivity contribution in [2.45, 2.75) is 25.4 Å². The van der Waals surface area contributed by atoms with Gasteiger partial charge in [0.15, 0.2) is 5.82 Å². The molecule has 3 N–H and O–H groups in total. The molecule has 0 radical (unpaired) electrons. The number of carbonyl (C=O) groups excluding carboxylic acids is 1. The van der Waals surface area contributed by atoms with Crippen molar-refractivity contribution in [2.24, 2.45) is 13.0 Å². The number of aliphatic hydroxyl groups is 1. The second-order valence-corrected chi connectivity index (χ2v) is 8.80. The Morgan fingerprint density at radius 2 is 2.13 bits per heavy atom. The minimum absolute atomic E-state index is 0.0238. The molecule has 2 atom stereocenters. The van der Waals surface area contributed by atoms with E-state index in [1.807, 2.05) is 22.6 Å². The average molecular weight is 526 g/mol. The number of amides is 1. The number of anilines is 2. The first-order valence-corrected chi connectivity index (χ1v) is 10.7. The fraction of sp³-hybridized carbons (Fsp3) is 0.333. The Morgan fingerprint density at radius 1 is 1.33 bits per heavy atom. The molecular weight excluding hydrogens is 505 g/mol. The summed E-state index contributed by atoms with van der Waals surface area (Å²) in [5.41, 5.74) is 0.519. The molecule has 0 saturated heterocycles. The van der Waals surface area contributed by atoms with Gasteiger partial charge in [-0.15, -0.1) is 0 Å². The van der Waals surface area contributed by atoms with E-state index in [2.05, 4.69) is 15.6 Å². The van der Waals surface area contributed by atoms with Crippen LogP contribution in [0, 0.1) is 21.1 Å². The van der Waals surface area contributed by atoms with E-state index in [1.165, 1.54) is 18.5 Å². The molecule has 1 fully saturated rings. The number of nitrogens with one attached hydrogen (secondary N) is 2. The first-order valence-electron chi connectivity index (χ1n) is 9.67. The molecule has 1 saturated carbocycles. The molecule has 1 amide bonds. The lowest BCUT2D eigenvalue weighted by Gasteiger charge is -2.18. The van der Waals surface area contributed by atoms with Crippen LogP contribution >= 0.6 is 22.6 Å². The number of rotatable bonds is 5. The molecule has 1 heterocycles. The highest BCUT2D eigenvalue weighted by atomic mass is 127. The predicted octanol–water partition coefficient (Wildman–Crippen LogP) is 4.09. The topological polar surface area (TPSA) is 79.2 Å². The van der Waals surface area contributed by atoms with Gasteiger partial charge in [-0.2, -0.15) is 0 Å². The van der Waals surface area contributed by atoms with E-state index in [9.17, 15) is 14.3 Å². The summed E-state index contributed by atoms with van der Waals surface area (Å²) < 4.78 is 32.0. The fourth-order valence-corrected chi connectivity index (χ4v) is 4.28. The summed E-state index contributed by atoms with van der Waals surface area (Å²) in [5.74, 6) is -1.80. The number of aromatic nitrogens is 2. The zero-order chi connectivity index (χ0) is 21.4. The maximum Gasteiger partial charge on any atom is 0.253 e. The molecule has 1 aliphatic rings. The van der Waals surface area contributed by atoms with E-state index in [1.54, 1.807) is 23.7 Å². The fourth-order valence-electron chi connectivity index (χ4n) is 3.83. The van der Waals surface area contributed by atoms with Gasteiger partial charge in [0.05, 0.1) is 34.9 Å². The Morgan fingerprint density at radius 3 is 2.83 bits per heavy atom. The van der Waals surface area contributed by atoms with Crippen molar-refractivity contribution in [2.75, 3.05) is 11.9 Å². The third kappa shape index (κ3) is 4.00. The van der Waals surface area contributed by atoms with Crippen molar-refractivity contribution in [3.63, 3.8) is 0 Å². The number of hydrogen-bond donors (Lipinski definition) is 3. The van der Waals surface area contributed by atoms with Gasteiger partial charge >= 0.3 is 0 Å². The quantitative estimate of drug-likeness (QED) is 0.438. The van der Waals surface area contributed by atoms with E-state index in [0.717, 1.165) is 19.3 Å². The van der Waals surface area contributed by atoms with Crippen molar-refractivity contribution >= 4 is 50.9 Å². The van der Waals surface area contributed by atoms with Crippen LogP contribution in [0.15, 0.2) is 30.6 Å². The monoisotopic (exact) mass is 526 g/mol. The van der Waals surface area contributed by atoms with E-state index >= 15 is 4.39 Å². The molecule has 2 aromatic carbocycles. The second kappa shape index (κ2) is 8.46. The molecule has 1 aromatic heterocycles. The number of benzene rings is 2. The summed E-state index contributed by atoms with van der Waals surface area (Å²) in [4.78, 5) is 17.0. The Balaban J connectivity index is 1.71. The molecule has 9 heteroatoms. The predicted molar refractivity (Wildman–Crippen MR) is 119 cm³/mol. The molecule has 0 spiro atoms. The number of hydrogen-bond acceptors (Lipinski definition) is 4. The Hall–Kier alpha value is -2.27. The van der Waals surface area contributed by atoms with Crippen LogP contribution in [0.4, 0.5) is 20.2 Å².